The van der Waals surface area contributed by atoms with Gasteiger partial charge in [0.05, 0.1) is 30.3 Å². The predicted octanol–water partition coefficient (Wildman–Crippen LogP) is 7.93. The number of piperidine rings is 1. The normalized spacial score (nSPS) is 21.7. The fourth-order valence-corrected chi connectivity index (χ4v) is 8.00. The van der Waals surface area contributed by atoms with Gasteiger partial charge in [0.2, 0.25) is 0 Å². The molecular weight excluding hydrogens is 610 g/mol. The number of halogens is 1. The van der Waals surface area contributed by atoms with Crippen LogP contribution in [0, 0.1) is 18.8 Å². The summed E-state index contributed by atoms with van der Waals surface area (Å²) in [5, 5.41) is 12.1. The molecular formula is C34H38BrN3O5. The molecule has 2 saturated carbocycles. The first-order valence-electron chi connectivity index (χ1n) is 15.2. The van der Waals surface area contributed by atoms with Crippen LogP contribution >= 0.6 is 15.9 Å². The number of carbonyl (C=O) groups is 2. The Labute approximate surface area is 259 Å². The van der Waals surface area contributed by atoms with Gasteiger partial charge in [-0.25, -0.2) is 4.79 Å². The quantitative estimate of drug-likeness (QED) is 0.230. The van der Waals surface area contributed by atoms with E-state index >= 15 is 0 Å². The minimum atomic E-state index is -0.933. The van der Waals surface area contributed by atoms with Gasteiger partial charge in [-0.2, -0.15) is 0 Å². The Morgan fingerprint density at radius 3 is 2.56 bits per heavy atom. The van der Waals surface area contributed by atoms with Gasteiger partial charge in [-0.1, -0.05) is 22.0 Å². The van der Waals surface area contributed by atoms with Crippen molar-refractivity contribution in [1.82, 2.24) is 14.4 Å². The number of nitrogens with zero attached hydrogens (tertiary/aromatic N) is 3. The van der Waals surface area contributed by atoms with Crippen LogP contribution in [0.25, 0.3) is 33.3 Å². The van der Waals surface area contributed by atoms with Crippen LogP contribution in [-0.4, -0.2) is 62.8 Å². The van der Waals surface area contributed by atoms with Gasteiger partial charge in [-0.15, -0.1) is 0 Å². The molecule has 2 unspecified atom stereocenters. The highest BCUT2D eigenvalue weighted by Crippen LogP contribution is 2.46. The summed E-state index contributed by atoms with van der Waals surface area (Å²) in [6, 6.07) is 11.8. The Bertz CT molecular complexity index is 1780. The van der Waals surface area contributed by atoms with Gasteiger partial charge in [0, 0.05) is 45.1 Å². The predicted molar refractivity (Wildman–Crippen MR) is 170 cm³/mol. The Morgan fingerprint density at radius 2 is 1.88 bits per heavy atom. The average Bonchev–Trinajstić information content (AvgIpc) is 3.29. The molecule has 1 aliphatic heterocycles. The molecule has 3 atom stereocenters. The van der Waals surface area contributed by atoms with E-state index in [2.05, 4.69) is 51.7 Å². The highest BCUT2D eigenvalue weighted by Gasteiger charge is 2.54. The van der Waals surface area contributed by atoms with Crippen LogP contribution in [0.3, 0.4) is 0 Å². The molecule has 9 heteroatoms. The summed E-state index contributed by atoms with van der Waals surface area (Å²) in [5.74, 6) is 2.07. The standard InChI is InChI=1S/C34H38BrN3O5/c1-18-29-27(42-5)13-22(32(39)37-17-21-9-11-24(37)30(21)38(33(40)41)34(2,3)4)14-28(29)43-31(18)26-12-20-8-10-23(35)15-25(20)36(26)16-19-6-7-19/h8,10,12-15,19,21,24,30H,6-7,9,11,16-17H2,1-5H3,(H,40,41)/t21?,24?,30-/m1/s1. The van der Waals surface area contributed by atoms with Crippen molar-refractivity contribution in [2.75, 3.05) is 13.7 Å². The molecule has 2 aliphatic carbocycles. The minimum absolute atomic E-state index is 0.111. The van der Waals surface area contributed by atoms with E-state index in [1.54, 1.807) is 12.0 Å². The van der Waals surface area contributed by atoms with Crippen LogP contribution < -0.4 is 4.74 Å². The molecule has 3 aliphatic rings. The second-order valence-electron chi connectivity index (χ2n) is 13.6. The van der Waals surface area contributed by atoms with Crippen LogP contribution in [0.15, 0.2) is 45.3 Å². The fourth-order valence-electron chi connectivity index (χ4n) is 7.65. The zero-order valence-electron chi connectivity index (χ0n) is 25.3. The van der Waals surface area contributed by atoms with Gasteiger partial charge in [-0.05, 0) is 95.5 Å². The van der Waals surface area contributed by atoms with E-state index in [9.17, 15) is 14.7 Å². The second kappa shape index (κ2) is 10.0. The molecule has 1 N–H and O–H groups in total. The number of carbonyl (C=O) groups excluding carboxylic acids is 1. The zero-order chi connectivity index (χ0) is 30.4. The van der Waals surface area contributed by atoms with Gasteiger partial charge < -0.3 is 23.7 Å². The molecule has 3 fully saturated rings. The van der Waals surface area contributed by atoms with E-state index in [1.165, 1.54) is 18.4 Å². The minimum Gasteiger partial charge on any atom is -0.496 e. The molecule has 0 spiro atoms. The van der Waals surface area contributed by atoms with Crippen LogP contribution in [0.4, 0.5) is 4.79 Å². The molecule has 2 aromatic carbocycles. The van der Waals surface area contributed by atoms with Crippen LogP contribution in [-0.2, 0) is 6.54 Å². The highest BCUT2D eigenvalue weighted by molar-refractivity contribution is 9.10. The first-order valence-corrected chi connectivity index (χ1v) is 16.0. The summed E-state index contributed by atoms with van der Waals surface area (Å²) in [7, 11) is 1.62. The molecule has 4 aromatic rings. The van der Waals surface area contributed by atoms with E-state index in [0.29, 0.717) is 29.4 Å². The lowest BCUT2D eigenvalue weighted by Crippen LogP contribution is -2.55. The third kappa shape index (κ3) is 4.62. The maximum absolute atomic E-state index is 14.1. The van der Waals surface area contributed by atoms with Crippen LogP contribution in [0.5, 0.6) is 5.75 Å². The number of hydrogen-bond donors (Lipinski definition) is 1. The average molecular weight is 649 g/mol. The Balaban J connectivity index is 1.28. The number of likely N-dealkylation sites (tertiary alicyclic amines) is 1. The van der Waals surface area contributed by atoms with Gasteiger partial charge >= 0.3 is 6.09 Å². The molecule has 7 rings (SSSR count). The number of methoxy groups -OCH3 is 1. The van der Waals surface area contributed by atoms with E-state index < -0.39 is 11.6 Å². The van der Waals surface area contributed by atoms with Crippen molar-refractivity contribution in [3.63, 3.8) is 0 Å². The van der Waals surface area contributed by atoms with Crippen molar-refractivity contribution in [2.24, 2.45) is 11.8 Å². The molecule has 43 heavy (non-hydrogen) atoms. The van der Waals surface area contributed by atoms with Crippen molar-refractivity contribution in [3.8, 4) is 17.2 Å². The SMILES string of the molecule is COc1cc(C(=O)N2CC3CCC2[C@@H]3N(C(=O)O)C(C)(C)C)cc2oc(-c3cc4ccc(Br)cc4n3CC3CC3)c(C)c12. The number of hydrogen-bond acceptors (Lipinski definition) is 4. The number of ether oxygens (including phenoxy) is 1. The summed E-state index contributed by atoms with van der Waals surface area (Å²) in [4.78, 5) is 29.9. The number of fused-ring (bicyclic) bond motifs is 4. The largest absolute Gasteiger partial charge is 0.496 e. The van der Waals surface area contributed by atoms with E-state index in [4.69, 9.17) is 9.15 Å². The molecule has 1 saturated heterocycles. The van der Waals surface area contributed by atoms with Crippen molar-refractivity contribution in [2.45, 2.75) is 77.5 Å². The highest BCUT2D eigenvalue weighted by atomic mass is 79.9. The second-order valence-corrected chi connectivity index (χ2v) is 14.5. The van der Waals surface area contributed by atoms with Crippen molar-refractivity contribution < 1.29 is 23.8 Å². The number of aromatic nitrogens is 1. The lowest BCUT2D eigenvalue weighted by Gasteiger charge is -2.40. The molecule has 2 aromatic heterocycles. The topological polar surface area (TPSA) is 88.2 Å². The lowest BCUT2D eigenvalue weighted by molar-refractivity contribution is 0.0503. The maximum atomic E-state index is 14.1. The molecule has 226 valence electrons. The monoisotopic (exact) mass is 647 g/mol. The van der Waals surface area contributed by atoms with Crippen LogP contribution in [0.1, 0.15) is 62.4 Å². The summed E-state index contributed by atoms with van der Waals surface area (Å²) in [6.07, 6.45) is 3.27. The summed E-state index contributed by atoms with van der Waals surface area (Å²) in [5.41, 5.74) is 3.73. The van der Waals surface area contributed by atoms with Gasteiger partial charge in [0.25, 0.3) is 5.91 Å². The maximum Gasteiger partial charge on any atom is 0.408 e. The van der Waals surface area contributed by atoms with E-state index in [1.807, 2.05) is 37.8 Å². The number of amides is 2. The molecule has 0 radical (unpaired) electrons. The van der Waals surface area contributed by atoms with E-state index in [-0.39, 0.29) is 23.9 Å². The summed E-state index contributed by atoms with van der Waals surface area (Å²) < 4.78 is 15.9. The number of carboxylic acid groups (broad SMARTS) is 1. The molecule has 8 nitrogen and oxygen atoms in total. The van der Waals surface area contributed by atoms with E-state index in [0.717, 1.165) is 51.6 Å². The summed E-state index contributed by atoms with van der Waals surface area (Å²) in [6.45, 7) is 9.30. The molecule has 2 amide bonds. The number of furan rings is 1. The smallest absolute Gasteiger partial charge is 0.408 e. The van der Waals surface area contributed by atoms with Gasteiger partial charge in [-0.3, -0.25) is 9.69 Å². The third-order valence-electron chi connectivity index (χ3n) is 9.73. The lowest BCUT2D eigenvalue weighted by atomic mass is 9.98. The number of rotatable bonds is 6. The zero-order valence-corrected chi connectivity index (χ0v) is 26.9. The first-order chi connectivity index (χ1) is 20.5. The molecule has 2 bridgehead atoms. The molecule has 3 heterocycles. The van der Waals surface area contributed by atoms with Gasteiger partial charge in [0.15, 0.2) is 5.76 Å². The van der Waals surface area contributed by atoms with Crippen molar-refractivity contribution >= 4 is 49.8 Å². The third-order valence-corrected chi connectivity index (χ3v) is 10.2. The Kier molecular flexibility index (Phi) is 6.61. The fraction of sp³-hybridized carbons (Fsp3) is 0.471. The van der Waals surface area contributed by atoms with Gasteiger partial charge in [0.1, 0.15) is 11.3 Å². The number of aryl methyl sites for hydroxylation is 1. The number of benzene rings is 2. The van der Waals surface area contributed by atoms with Crippen molar-refractivity contribution in [3.05, 3.63) is 52.0 Å². The Hall–Kier alpha value is -3.46. The first kappa shape index (κ1) is 28.3. The van der Waals surface area contributed by atoms with Crippen LogP contribution in [0.2, 0.25) is 0 Å². The Morgan fingerprint density at radius 1 is 1.12 bits per heavy atom. The van der Waals surface area contributed by atoms with Crippen molar-refractivity contribution in [1.29, 1.82) is 0 Å². The summed E-state index contributed by atoms with van der Waals surface area (Å²) >= 11 is 3.64.